The van der Waals surface area contributed by atoms with Crippen LogP contribution in [0.3, 0.4) is 0 Å². The molecule has 1 saturated heterocycles. The number of hydrogen-bond donors (Lipinski definition) is 1. The number of allylic oxidation sites excluding steroid dienone is 3. The number of rotatable bonds is 1. The topological polar surface area (TPSA) is 29.1 Å². The first kappa shape index (κ1) is 9.78. The number of nitrogens with one attached hydrogen (secondary N) is 1. The second-order valence-corrected chi connectivity index (χ2v) is 2.99. The number of amides is 1. The van der Waals surface area contributed by atoms with Crippen molar-refractivity contribution in [2.75, 3.05) is 6.54 Å². The highest BCUT2D eigenvalue weighted by molar-refractivity contribution is 5.98. The minimum atomic E-state index is 0.0353. The van der Waals surface area contributed by atoms with E-state index in [0.717, 1.165) is 30.5 Å². The Morgan fingerprint density at radius 3 is 2.92 bits per heavy atom. The lowest BCUT2D eigenvalue weighted by Gasteiger charge is -2.04. The Balaban J connectivity index is 2.97. The highest BCUT2D eigenvalue weighted by atomic mass is 16.1. The molecular formula is C11H15NO. The Hall–Kier alpha value is -1.31. The molecule has 1 amide bonds. The van der Waals surface area contributed by atoms with Gasteiger partial charge in [0, 0.05) is 12.1 Å². The Labute approximate surface area is 79.0 Å². The van der Waals surface area contributed by atoms with E-state index in [-0.39, 0.29) is 5.91 Å². The maximum atomic E-state index is 11.5. The van der Waals surface area contributed by atoms with E-state index < -0.39 is 0 Å². The molecule has 70 valence electrons. The average molecular weight is 177 g/mol. The SMILES string of the molecule is C=C/C=C1/CCCNC(=O)/C1=C/C. The van der Waals surface area contributed by atoms with Crippen LogP contribution >= 0.6 is 0 Å². The average Bonchev–Trinajstić information content (AvgIpc) is 2.28. The summed E-state index contributed by atoms with van der Waals surface area (Å²) < 4.78 is 0. The van der Waals surface area contributed by atoms with Gasteiger partial charge in [-0.25, -0.2) is 0 Å². The second-order valence-electron chi connectivity index (χ2n) is 2.99. The lowest BCUT2D eigenvalue weighted by Crippen LogP contribution is -2.23. The Kier molecular flexibility index (Phi) is 3.50. The van der Waals surface area contributed by atoms with Crippen molar-refractivity contribution in [3.05, 3.63) is 36.0 Å². The predicted octanol–water partition coefficient (Wildman–Crippen LogP) is 1.96. The van der Waals surface area contributed by atoms with Crippen LogP contribution in [0.4, 0.5) is 0 Å². The van der Waals surface area contributed by atoms with Crippen molar-refractivity contribution in [2.24, 2.45) is 0 Å². The van der Waals surface area contributed by atoms with Crippen molar-refractivity contribution in [3.63, 3.8) is 0 Å². The Morgan fingerprint density at radius 1 is 1.54 bits per heavy atom. The minimum absolute atomic E-state index is 0.0353. The molecule has 1 N–H and O–H groups in total. The molecule has 1 aliphatic heterocycles. The van der Waals surface area contributed by atoms with Crippen LogP contribution < -0.4 is 5.32 Å². The van der Waals surface area contributed by atoms with Crippen molar-refractivity contribution in [1.82, 2.24) is 5.32 Å². The first-order chi connectivity index (χ1) is 6.29. The molecule has 1 heterocycles. The fraction of sp³-hybridized carbons (Fsp3) is 0.364. The largest absolute Gasteiger partial charge is 0.352 e. The molecule has 0 saturated carbocycles. The van der Waals surface area contributed by atoms with Gasteiger partial charge in [0.25, 0.3) is 5.91 Å². The standard InChI is InChI=1S/C11H15NO/c1-3-6-9-7-5-8-12-11(13)10(9)4-2/h3-4,6H,1,5,7-8H2,2H3,(H,12,13)/b9-6-,10-4+. The number of hydrogen-bond acceptors (Lipinski definition) is 1. The highest BCUT2D eigenvalue weighted by Crippen LogP contribution is 2.18. The summed E-state index contributed by atoms with van der Waals surface area (Å²) in [6.45, 7) is 6.30. The van der Waals surface area contributed by atoms with Gasteiger partial charge in [-0.1, -0.05) is 24.8 Å². The summed E-state index contributed by atoms with van der Waals surface area (Å²) in [5, 5.41) is 2.85. The van der Waals surface area contributed by atoms with Crippen molar-refractivity contribution in [3.8, 4) is 0 Å². The van der Waals surface area contributed by atoms with Gasteiger partial charge in [-0.3, -0.25) is 4.79 Å². The lowest BCUT2D eigenvalue weighted by molar-refractivity contribution is -0.117. The molecule has 1 rings (SSSR count). The van der Waals surface area contributed by atoms with Crippen molar-refractivity contribution < 1.29 is 4.79 Å². The molecule has 0 aromatic carbocycles. The Bertz CT molecular complexity index is 274. The number of carbonyl (C=O) groups is 1. The summed E-state index contributed by atoms with van der Waals surface area (Å²) in [5.74, 6) is 0.0353. The first-order valence-corrected chi connectivity index (χ1v) is 4.56. The molecule has 0 radical (unpaired) electrons. The molecule has 0 unspecified atom stereocenters. The van der Waals surface area contributed by atoms with E-state index in [9.17, 15) is 4.79 Å². The van der Waals surface area contributed by atoms with E-state index in [4.69, 9.17) is 0 Å². The van der Waals surface area contributed by atoms with Crippen LogP contribution in [-0.4, -0.2) is 12.5 Å². The van der Waals surface area contributed by atoms with Crippen LogP contribution in [0.1, 0.15) is 19.8 Å². The van der Waals surface area contributed by atoms with Gasteiger partial charge in [0.15, 0.2) is 0 Å². The maximum Gasteiger partial charge on any atom is 0.251 e. The van der Waals surface area contributed by atoms with Crippen LogP contribution in [0, 0.1) is 0 Å². The van der Waals surface area contributed by atoms with E-state index in [2.05, 4.69) is 11.9 Å². The van der Waals surface area contributed by atoms with Gasteiger partial charge in [-0.05, 0) is 25.3 Å². The fourth-order valence-corrected chi connectivity index (χ4v) is 1.49. The molecule has 0 atom stereocenters. The zero-order chi connectivity index (χ0) is 9.68. The van der Waals surface area contributed by atoms with E-state index >= 15 is 0 Å². The second kappa shape index (κ2) is 4.65. The molecule has 0 spiro atoms. The number of carbonyl (C=O) groups excluding carboxylic acids is 1. The Morgan fingerprint density at radius 2 is 2.31 bits per heavy atom. The van der Waals surface area contributed by atoms with Crippen molar-refractivity contribution in [1.29, 1.82) is 0 Å². The zero-order valence-corrected chi connectivity index (χ0v) is 7.97. The molecule has 0 aromatic rings. The summed E-state index contributed by atoms with van der Waals surface area (Å²) in [6, 6.07) is 0. The van der Waals surface area contributed by atoms with Gasteiger partial charge in [0.05, 0.1) is 0 Å². The monoisotopic (exact) mass is 177 g/mol. The molecule has 0 aliphatic carbocycles. The predicted molar refractivity (Wildman–Crippen MR) is 54.3 cm³/mol. The normalized spacial score (nSPS) is 24.2. The summed E-state index contributed by atoms with van der Waals surface area (Å²) >= 11 is 0. The lowest BCUT2D eigenvalue weighted by atomic mass is 10.0. The van der Waals surface area contributed by atoms with Gasteiger partial charge in [0.1, 0.15) is 0 Å². The molecule has 0 bridgehead atoms. The van der Waals surface area contributed by atoms with Crippen LogP contribution in [-0.2, 0) is 4.79 Å². The zero-order valence-electron chi connectivity index (χ0n) is 7.97. The molecule has 1 aliphatic rings. The smallest absolute Gasteiger partial charge is 0.251 e. The van der Waals surface area contributed by atoms with E-state index in [1.165, 1.54) is 0 Å². The highest BCUT2D eigenvalue weighted by Gasteiger charge is 2.15. The quantitative estimate of drug-likeness (QED) is 0.609. The van der Waals surface area contributed by atoms with Gasteiger partial charge in [0.2, 0.25) is 0 Å². The third kappa shape index (κ3) is 2.31. The van der Waals surface area contributed by atoms with Gasteiger partial charge in [-0.15, -0.1) is 0 Å². The molecule has 0 aromatic heterocycles. The van der Waals surface area contributed by atoms with Crippen LogP contribution in [0.5, 0.6) is 0 Å². The third-order valence-electron chi connectivity index (χ3n) is 2.11. The maximum absolute atomic E-state index is 11.5. The van der Waals surface area contributed by atoms with Crippen molar-refractivity contribution in [2.45, 2.75) is 19.8 Å². The summed E-state index contributed by atoms with van der Waals surface area (Å²) in [6.07, 6.45) is 7.46. The summed E-state index contributed by atoms with van der Waals surface area (Å²) in [4.78, 5) is 11.5. The summed E-state index contributed by atoms with van der Waals surface area (Å²) in [7, 11) is 0. The van der Waals surface area contributed by atoms with Crippen LogP contribution in [0.25, 0.3) is 0 Å². The van der Waals surface area contributed by atoms with Gasteiger partial charge >= 0.3 is 0 Å². The van der Waals surface area contributed by atoms with E-state index in [0.29, 0.717) is 0 Å². The first-order valence-electron chi connectivity index (χ1n) is 4.56. The van der Waals surface area contributed by atoms with Gasteiger partial charge < -0.3 is 5.32 Å². The van der Waals surface area contributed by atoms with Crippen LogP contribution in [0.2, 0.25) is 0 Å². The van der Waals surface area contributed by atoms with Crippen LogP contribution in [0.15, 0.2) is 36.0 Å². The van der Waals surface area contributed by atoms with E-state index in [1.807, 2.05) is 19.1 Å². The molecular weight excluding hydrogens is 162 g/mol. The fourth-order valence-electron chi connectivity index (χ4n) is 1.49. The molecule has 13 heavy (non-hydrogen) atoms. The molecule has 2 heteroatoms. The minimum Gasteiger partial charge on any atom is -0.352 e. The van der Waals surface area contributed by atoms with E-state index in [1.54, 1.807) is 6.08 Å². The van der Waals surface area contributed by atoms with Crippen molar-refractivity contribution >= 4 is 5.91 Å². The summed E-state index contributed by atoms with van der Waals surface area (Å²) in [5.41, 5.74) is 1.88. The molecule has 2 nitrogen and oxygen atoms in total. The molecule has 1 fully saturated rings. The van der Waals surface area contributed by atoms with Gasteiger partial charge in [-0.2, -0.15) is 0 Å². The third-order valence-corrected chi connectivity index (χ3v) is 2.11.